The fourth-order valence-corrected chi connectivity index (χ4v) is 9.91. The number of ether oxygens (including phenoxy) is 1. The van der Waals surface area contributed by atoms with E-state index in [1.807, 2.05) is 43.6 Å². The summed E-state index contributed by atoms with van der Waals surface area (Å²) >= 11 is 6.22. The van der Waals surface area contributed by atoms with Crippen LogP contribution in [0.15, 0.2) is 48.5 Å². The number of anilines is 1. The number of hydrogen-bond acceptors (Lipinski definition) is 10. The Morgan fingerprint density at radius 1 is 0.932 bits per heavy atom. The highest BCUT2D eigenvalue weighted by atomic mass is 35.5. The molecular formula is C43H43ClFN7O7. The fraction of sp³-hybridized carbons (Fsp3) is 0.419. The van der Waals surface area contributed by atoms with Gasteiger partial charge in [-0.2, -0.15) is 5.26 Å². The first kappa shape index (κ1) is 40.0. The second kappa shape index (κ2) is 14.8. The lowest BCUT2D eigenvalue weighted by Crippen LogP contribution is -2.74. The van der Waals surface area contributed by atoms with Gasteiger partial charge in [0.05, 0.1) is 33.9 Å². The van der Waals surface area contributed by atoms with Crippen LogP contribution < -0.4 is 20.3 Å². The fourth-order valence-electron chi connectivity index (χ4n) is 9.70. The van der Waals surface area contributed by atoms with Crippen LogP contribution in [0.3, 0.4) is 0 Å². The zero-order chi connectivity index (χ0) is 42.1. The smallest absolute Gasteiger partial charge is 0.262 e. The number of nitriles is 1. The molecular weight excluding hydrogens is 781 g/mol. The average Bonchev–Trinajstić information content (AvgIpc) is 3.72. The molecule has 0 radical (unpaired) electrons. The zero-order valence-corrected chi connectivity index (χ0v) is 33.8. The van der Waals surface area contributed by atoms with Crippen LogP contribution in [-0.2, 0) is 27.5 Å². The second-order valence-corrected chi connectivity index (χ2v) is 17.5. The average molecular weight is 824 g/mol. The molecule has 2 saturated heterocycles. The van der Waals surface area contributed by atoms with Crippen LogP contribution >= 0.6 is 11.6 Å². The molecule has 6 amide bonds. The minimum atomic E-state index is -1.05. The van der Waals surface area contributed by atoms with Gasteiger partial charge in [0.1, 0.15) is 29.8 Å². The quantitative estimate of drug-likeness (QED) is 0.316. The third kappa shape index (κ3) is 6.97. The molecule has 0 spiro atoms. The molecule has 16 heteroatoms. The van der Waals surface area contributed by atoms with Crippen molar-refractivity contribution in [1.29, 1.82) is 5.26 Å². The van der Waals surface area contributed by atoms with Gasteiger partial charge in [-0.05, 0) is 60.0 Å². The number of imide groups is 2. The zero-order valence-electron chi connectivity index (χ0n) is 33.1. The van der Waals surface area contributed by atoms with E-state index in [9.17, 15) is 34.0 Å². The number of piperazine rings is 1. The molecule has 59 heavy (non-hydrogen) atoms. The van der Waals surface area contributed by atoms with Gasteiger partial charge in [0, 0.05) is 74.2 Å². The maximum Gasteiger partial charge on any atom is 0.262 e. The van der Waals surface area contributed by atoms with Gasteiger partial charge in [0.25, 0.3) is 17.7 Å². The molecule has 14 nitrogen and oxygen atoms in total. The van der Waals surface area contributed by atoms with Gasteiger partial charge in [-0.25, -0.2) is 4.39 Å². The van der Waals surface area contributed by atoms with E-state index in [1.165, 1.54) is 6.07 Å². The number of carbonyl (C=O) groups is 6. The van der Waals surface area contributed by atoms with Gasteiger partial charge in [-0.1, -0.05) is 39.3 Å². The van der Waals surface area contributed by atoms with Crippen molar-refractivity contribution in [3.05, 3.63) is 92.8 Å². The molecule has 3 fully saturated rings. The van der Waals surface area contributed by atoms with Crippen LogP contribution in [0.1, 0.15) is 88.3 Å². The van der Waals surface area contributed by atoms with E-state index in [4.69, 9.17) is 16.3 Å². The lowest BCUT2D eigenvalue weighted by atomic mass is 9.49. The molecule has 0 bridgehead atoms. The Bertz CT molecular complexity index is 2330. The molecule has 1 unspecified atom stereocenters. The Labute approximate surface area is 345 Å². The van der Waals surface area contributed by atoms with Crippen molar-refractivity contribution < 1.29 is 37.9 Å². The van der Waals surface area contributed by atoms with Gasteiger partial charge in [0.15, 0.2) is 0 Å². The standard InChI is InChI=1S/C43H43ClFN7O7/c1-42(2)40(43(3,4)41(42)59-27-7-5-24(19-46)30(44)18-27)48-36(55)23-6-8-32(31(45)17-23)50-13-11-49(12-14-50)22-35(54)51-20-25-15-28-29(16-26(25)21-51)39(58)52(38(28)57)33-9-10-34(53)47-37(33)56/h5-8,15-18,33,40-41H,9-14,20-22H2,1-4H3,(H,48,55)(H,47,53,56)/t33?,40-,41-. The summed E-state index contributed by atoms with van der Waals surface area (Å²) in [5.41, 5.74) is 1.83. The lowest BCUT2D eigenvalue weighted by Gasteiger charge is -2.63. The second-order valence-electron chi connectivity index (χ2n) is 17.1. The van der Waals surface area contributed by atoms with Gasteiger partial charge in [-0.15, -0.1) is 0 Å². The summed E-state index contributed by atoms with van der Waals surface area (Å²) in [5.74, 6) is -2.79. The Hall–Kier alpha value is -5.85. The van der Waals surface area contributed by atoms with Crippen molar-refractivity contribution in [1.82, 2.24) is 25.3 Å². The molecule has 3 aromatic rings. The summed E-state index contributed by atoms with van der Waals surface area (Å²) in [6.45, 7) is 10.6. The number of nitrogens with zero attached hydrogens (tertiary/aromatic N) is 5. The van der Waals surface area contributed by atoms with Gasteiger partial charge in [-0.3, -0.25) is 43.9 Å². The minimum absolute atomic E-state index is 0.0366. The third-order valence-corrected chi connectivity index (χ3v) is 12.9. The van der Waals surface area contributed by atoms with Crippen molar-refractivity contribution in [2.75, 3.05) is 37.6 Å². The highest BCUT2D eigenvalue weighted by Gasteiger charge is 2.64. The van der Waals surface area contributed by atoms with E-state index in [1.54, 1.807) is 47.4 Å². The number of nitrogens with one attached hydrogen (secondary N) is 2. The highest BCUT2D eigenvalue weighted by molar-refractivity contribution is 6.31. The molecule has 306 valence electrons. The topological polar surface area (TPSA) is 172 Å². The summed E-state index contributed by atoms with van der Waals surface area (Å²) in [4.78, 5) is 84.0. The summed E-state index contributed by atoms with van der Waals surface area (Å²) in [6, 6.07) is 13.3. The molecule has 3 aromatic carbocycles. The number of amides is 6. The molecule has 8 rings (SSSR count). The monoisotopic (exact) mass is 823 g/mol. The Morgan fingerprint density at radius 2 is 1.58 bits per heavy atom. The van der Waals surface area contributed by atoms with E-state index in [-0.39, 0.29) is 67.2 Å². The molecule has 1 saturated carbocycles. The first-order chi connectivity index (χ1) is 28.0. The number of benzene rings is 3. The largest absolute Gasteiger partial charge is 0.489 e. The highest BCUT2D eigenvalue weighted by Crippen LogP contribution is 2.55. The van der Waals surface area contributed by atoms with Crippen molar-refractivity contribution >= 4 is 52.7 Å². The molecule has 0 aromatic heterocycles. The van der Waals surface area contributed by atoms with Gasteiger partial charge in [0.2, 0.25) is 17.7 Å². The molecule has 2 N–H and O–H groups in total. The molecule has 5 aliphatic rings. The predicted molar refractivity (Wildman–Crippen MR) is 212 cm³/mol. The number of hydrogen-bond donors (Lipinski definition) is 2. The molecule has 1 atom stereocenters. The minimum Gasteiger partial charge on any atom is -0.489 e. The predicted octanol–water partition coefficient (Wildman–Crippen LogP) is 4.03. The van der Waals surface area contributed by atoms with Crippen molar-refractivity contribution in [3.8, 4) is 11.8 Å². The van der Waals surface area contributed by atoms with Crippen molar-refractivity contribution in [3.63, 3.8) is 0 Å². The third-order valence-electron chi connectivity index (χ3n) is 12.5. The van der Waals surface area contributed by atoms with E-state index in [0.717, 1.165) is 16.0 Å². The lowest BCUT2D eigenvalue weighted by molar-refractivity contribution is -0.164. The summed E-state index contributed by atoms with van der Waals surface area (Å²) in [7, 11) is 0. The van der Waals surface area contributed by atoms with Crippen LogP contribution in [-0.4, -0.2) is 101 Å². The molecule has 4 heterocycles. The van der Waals surface area contributed by atoms with Crippen LogP contribution in [0.2, 0.25) is 5.02 Å². The Morgan fingerprint density at radius 3 is 2.15 bits per heavy atom. The normalized spacial score (nSPS) is 23.3. The van der Waals surface area contributed by atoms with E-state index >= 15 is 4.39 Å². The Kier molecular flexibility index (Phi) is 9.99. The Balaban J connectivity index is 0.831. The number of halogens is 2. The van der Waals surface area contributed by atoms with E-state index < -0.39 is 52.2 Å². The maximum absolute atomic E-state index is 15.6. The molecule has 1 aliphatic carbocycles. The summed E-state index contributed by atoms with van der Waals surface area (Å²) < 4.78 is 21.9. The van der Waals surface area contributed by atoms with Gasteiger partial charge >= 0.3 is 0 Å². The van der Waals surface area contributed by atoms with E-state index in [0.29, 0.717) is 48.2 Å². The SMILES string of the molecule is CC1(C)[C@H](NC(=O)c2ccc(N3CCN(CC(=O)N4Cc5cc6c(cc5C4)C(=O)N(C4CCC(=O)NC4=O)C6=O)CC3)c(F)c2)C(C)(C)[C@H]1Oc1ccc(C#N)c(Cl)c1. The van der Waals surface area contributed by atoms with Crippen LogP contribution in [0.4, 0.5) is 10.1 Å². The van der Waals surface area contributed by atoms with Crippen molar-refractivity contribution in [2.45, 2.75) is 71.8 Å². The number of fused-ring (bicyclic) bond motifs is 2. The molecule has 4 aliphatic heterocycles. The van der Waals surface area contributed by atoms with Gasteiger partial charge < -0.3 is 19.9 Å². The summed E-state index contributed by atoms with van der Waals surface area (Å²) in [5, 5.41) is 14.8. The first-order valence-electron chi connectivity index (χ1n) is 19.6. The van der Waals surface area contributed by atoms with Crippen molar-refractivity contribution in [2.24, 2.45) is 10.8 Å². The van der Waals surface area contributed by atoms with Crippen LogP contribution in [0.5, 0.6) is 5.75 Å². The first-order valence-corrected chi connectivity index (χ1v) is 19.9. The van der Waals surface area contributed by atoms with Crippen LogP contribution in [0.25, 0.3) is 0 Å². The number of piperidine rings is 1. The summed E-state index contributed by atoms with van der Waals surface area (Å²) in [6.07, 6.45) is -0.177. The maximum atomic E-state index is 15.6. The van der Waals surface area contributed by atoms with E-state index in [2.05, 4.69) is 10.6 Å². The van der Waals surface area contributed by atoms with Crippen LogP contribution in [0, 0.1) is 28.0 Å². The number of rotatable bonds is 8. The number of carbonyl (C=O) groups excluding carboxylic acids is 6.